The highest BCUT2D eigenvalue weighted by molar-refractivity contribution is 5.61. The van der Waals surface area contributed by atoms with Crippen molar-refractivity contribution in [3.05, 3.63) is 0 Å². The molecular weight excluding hydrogens is 118 g/mol. The molecule has 0 saturated heterocycles. The highest BCUT2D eigenvalue weighted by Crippen LogP contribution is 2.07. The van der Waals surface area contributed by atoms with Gasteiger partial charge in [0.25, 0.3) is 5.95 Å². The fourth-order valence-electron chi connectivity index (χ4n) is 0.763. The number of nitrogens with zero attached hydrogens (tertiary/aromatic N) is 5. The number of hydrogen-bond acceptors (Lipinski definition) is 4. The predicted octanol–water partition coefficient (Wildman–Crippen LogP) is -0.221. The van der Waals surface area contributed by atoms with E-state index in [-0.39, 0.29) is 0 Å². The van der Waals surface area contributed by atoms with Crippen LogP contribution >= 0.6 is 0 Å². The summed E-state index contributed by atoms with van der Waals surface area (Å²) in [6, 6.07) is 0. The molecule has 0 spiro atoms. The van der Waals surface area contributed by atoms with Gasteiger partial charge >= 0.3 is 0 Å². The predicted molar refractivity (Wildman–Crippen MR) is 30.6 cm³/mol. The SMILES string of the molecule is C1=Nc2nnnn2CC1. The maximum absolute atomic E-state index is 3.95. The fraction of sp³-hybridized carbons (Fsp3) is 0.500. The number of fused-ring (bicyclic) bond motifs is 1. The molecule has 1 aliphatic heterocycles. The Kier molecular flexibility index (Phi) is 0.824. The summed E-state index contributed by atoms with van der Waals surface area (Å²) in [4.78, 5) is 3.95. The van der Waals surface area contributed by atoms with E-state index in [0.717, 1.165) is 13.0 Å². The molecule has 2 heterocycles. The second kappa shape index (κ2) is 1.61. The van der Waals surface area contributed by atoms with Crippen molar-refractivity contribution in [2.24, 2.45) is 4.99 Å². The Balaban J connectivity index is 2.53. The average molecular weight is 123 g/mol. The summed E-state index contributed by atoms with van der Waals surface area (Å²) in [5.74, 6) is 0.612. The zero-order valence-corrected chi connectivity index (χ0v) is 4.73. The molecule has 0 aliphatic carbocycles. The highest BCUT2D eigenvalue weighted by Gasteiger charge is 2.05. The van der Waals surface area contributed by atoms with E-state index < -0.39 is 0 Å². The van der Waals surface area contributed by atoms with Crippen molar-refractivity contribution in [2.75, 3.05) is 0 Å². The second-order valence-electron chi connectivity index (χ2n) is 1.80. The summed E-state index contributed by atoms with van der Waals surface area (Å²) < 4.78 is 1.68. The maximum atomic E-state index is 3.95. The molecule has 0 amide bonds. The van der Waals surface area contributed by atoms with Gasteiger partial charge in [0.15, 0.2) is 0 Å². The molecule has 0 unspecified atom stereocenters. The molecule has 0 N–H and O–H groups in total. The topological polar surface area (TPSA) is 56.0 Å². The van der Waals surface area contributed by atoms with E-state index in [9.17, 15) is 0 Å². The Hall–Kier alpha value is -1.26. The maximum Gasteiger partial charge on any atom is 0.268 e. The minimum absolute atomic E-state index is 0.612. The van der Waals surface area contributed by atoms with Crippen molar-refractivity contribution >= 4 is 12.2 Å². The van der Waals surface area contributed by atoms with Gasteiger partial charge in [0.2, 0.25) is 0 Å². The van der Waals surface area contributed by atoms with Crippen molar-refractivity contribution < 1.29 is 0 Å². The van der Waals surface area contributed by atoms with Crippen LogP contribution in [-0.2, 0) is 6.54 Å². The van der Waals surface area contributed by atoms with Crippen LogP contribution in [0.4, 0.5) is 5.95 Å². The van der Waals surface area contributed by atoms with E-state index in [2.05, 4.69) is 20.5 Å². The van der Waals surface area contributed by atoms with E-state index >= 15 is 0 Å². The minimum atomic E-state index is 0.612. The molecule has 0 saturated carbocycles. The van der Waals surface area contributed by atoms with E-state index in [1.807, 2.05) is 6.21 Å². The molecule has 0 atom stereocenters. The van der Waals surface area contributed by atoms with Crippen LogP contribution in [-0.4, -0.2) is 26.4 Å². The number of aliphatic imine (C=N–C) groups is 1. The van der Waals surface area contributed by atoms with E-state index in [4.69, 9.17) is 0 Å². The number of aromatic nitrogens is 4. The summed E-state index contributed by atoms with van der Waals surface area (Å²) in [6.45, 7) is 0.853. The zero-order chi connectivity index (χ0) is 6.10. The van der Waals surface area contributed by atoms with Crippen molar-refractivity contribution in [3.63, 3.8) is 0 Å². The number of rotatable bonds is 0. The third-order valence-corrected chi connectivity index (χ3v) is 1.19. The molecule has 1 aromatic rings. The van der Waals surface area contributed by atoms with Gasteiger partial charge in [-0.25, -0.2) is 9.67 Å². The van der Waals surface area contributed by atoms with Crippen molar-refractivity contribution in [1.82, 2.24) is 20.2 Å². The average Bonchev–Trinajstić information content (AvgIpc) is 2.33. The monoisotopic (exact) mass is 123 g/mol. The number of hydrogen-bond donors (Lipinski definition) is 0. The first kappa shape index (κ1) is 4.60. The van der Waals surface area contributed by atoms with Crippen LogP contribution in [0.5, 0.6) is 0 Å². The largest absolute Gasteiger partial charge is 0.268 e. The van der Waals surface area contributed by atoms with Crippen molar-refractivity contribution in [1.29, 1.82) is 0 Å². The van der Waals surface area contributed by atoms with Gasteiger partial charge in [0, 0.05) is 12.6 Å². The van der Waals surface area contributed by atoms with E-state index in [1.165, 1.54) is 0 Å². The van der Waals surface area contributed by atoms with Gasteiger partial charge in [-0.1, -0.05) is 5.10 Å². The first-order chi connectivity index (χ1) is 4.47. The van der Waals surface area contributed by atoms with Gasteiger partial charge < -0.3 is 0 Å². The van der Waals surface area contributed by atoms with Crippen LogP contribution in [0, 0.1) is 0 Å². The van der Waals surface area contributed by atoms with Crippen LogP contribution in [0.1, 0.15) is 6.42 Å². The number of tetrazole rings is 1. The van der Waals surface area contributed by atoms with Gasteiger partial charge in [-0.15, -0.1) is 0 Å². The molecule has 0 aromatic carbocycles. The highest BCUT2D eigenvalue weighted by atomic mass is 15.6. The van der Waals surface area contributed by atoms with Crippen LogP contribution < -0.4 is 0 Å². The molecule has 9 heavy (non-hydrogen) atoms. The second-order valence-corrected chi connectivity index (χ2v) is 1.80. The molecular formula is C4H5N5. The third kappa shape index (κ3) is 0.611. The lowest BCUT2D eigenvalue weighted by molar-refractivity contribution is 0.602. The van der Waals surface area contributed by atoms with Crippen LogP contribution in [0.25, 0.3) is 0 Å². The molecule has 5 nitrogen and oxygen atoms in total. The minimum Gasteiger partial charge on any atom is -0.223 e. The Labute approximate surface area is 51.4 Å². The Morgan fingerprint density at radius 2 is 2.56 bits per heavy atom. The van der Waals surface area contributed by atoms with Gasteiger partial charge in [-0.3, -0.25) is 0 Å². The molecule has 46 valence electrons. The smallest absolute Gasteiger partial charge is 0.223 e. The molecule has 0 bridgehead atoms. The molecule has 0 radical (unpaired) electrons. The summed E-state index contributed by atoms with van der Waals surface area (Å²) >= 11 is 0. The normalized spacial score (nSPS) is 15.6. The summed E-state index contributed by atoms with van der Waals surface area (Å²) in [7, 11) is 0. The standard InChI is InChI=1S/C4H5N5/c1-2-5-4-6-7-8-9(4)3-1/h2H,1,3H2. The zero-order valence-electron chi connectivity index (χ0n) is 4.73. The van der Waals surface area contributed by atoms with Gasteiger partial charge in [0.1, 0.15) is 0 Å². The third-order valence-electron chi connectivity index (χ3n) is 1.19. The van der Waals surface area contributed by atoms with Crippen molar-refractivity contribution in [2.45, 2.75) is 13.0 Å². The first-order valence-electron chi connectivity index (χ1n) is 2.75. The number of aryl methyl sites for hydroxylation is 1. The van der Waals surface area contributed by atoms with Crippen LogP contribution in [0.2, 0.25) is 0 Å². The van der Waals surface area contributed by atoms with Crippen LogP contribution in [0.3, 0.4) is 0 Å². The van der Waals surface area contributed by atoms with E-state index in [1.54, 1.807) is 4.68 Å². The summed E-state index contributed by atoms with van der Waals surface area (Å²) in [5, 5.41) is 10.8. The lowest BCUT2D eigenvalue weighted by atomic mass is 10.4. The lowest BCUT2D eigenvalue weighted by Crippen LogP contribution is -2.04. The van der Waals surface area contributed by atoms with Gasteiger partial charge in [-0.05, 0) is 10.4 Å². The van der Waals surface area contributed by atoms with Gasteiger partial charge in [-0.2, -0.15) is 0 Å². The molecule has 2 rings (SSSR count). The quantitative estimate of drug-likeness (QED) is 0.479. The molecule has 0 fully saturated rings. The van der Waals surface area contributed by atoms with E-state index in [0.29, 0.717) is 5.95 Å². The Bertz CT molecular complexity index is 237. The van der Waals surface area contributed by atoms with Crippen molar-refractivity contribution in [3.8, 4) is 0 Å². The summed E-state index contributed by atoms with van der Waals surface area (Å²) in [6.07, 6.45) is 2.75. The lowest BCUT2D eigenvalue weighted by Gasteiger charge is -2.00. The summed E-state index contributed by atoms with van der Waals surface area (Å²) in [5.41, 5.74) is 0. The molecule has 5 heteroatoms. The Morgan fingerprint density at radius 3 is 3.44 bits per heavy atom. The molecule has 1 aromatic heterocycles. The Morgan fingerprint density at radius 1 is 1.56 bits per heavy atom. The van der Waals surface area contributed by atoms with Crippen LogP contribution in [0.15, 0.2) is 4.99 Å². The first-order valence-corrected chi connectivity index (χ1v) is 2.75. The molecule has 1 aliphatic rings. The van der Waals surface area contributed by atoms with Gasteiger partial charge in [0.05, 0.1) is 6.54 Å². The fourth-order valence-corrected chi connectivity index (χ4v) is 0.763.